The molecule has 0 amide bonds. The molecule has 1 unspecified atom stereocenters. The monoisotopic (exact) mass is 442 g/mol. The van der Waals surface area contributed by atoms with Gasteiger partial charge < -0.3 is 15.2 Å². The van der Waals surface area contributed by atoms with Crippen LogP contribution in [0.25, 0.3) is 16.8 Å². The van der Waals surface area contributed by atoms with Gasteiger partial charge in [0.05, 0.1) is 5.56 Å². The third kappa shape index (κ3) is 5.44. The molecule has 3 aromatic rings. The summed E-state index contributed by atoms with van der Waals surface area (Å²) in [5, 5.41) is 15.2. The lowest BCUT2D eigenvalue weighted by atomic mass is 10.1. The molecule has 0 bridgehead atoms. The van der Waals surface area contributed by atoms with Crippen molar-refractivity contribution in [2.75, 3.05) is 26.2 Å². The smallest absolute Gasteiger partial charge is 0.335 e. The van der Waals surface area contributed by atoms with Crippen LogP contribution in [0.1, 0.15) is 35.2 Å². The summed E-state index contributed by atoms with van der Waals surface area (Å²) in [5.41, 5.74) is 2.41. The van der Waals surface area contributed by atoms with Gasteiger partial charge >= 0.3 is 5.97 Å². The Bertz CT molecular complexity index is 1150. The molecule has 0 aromatic heterocycles. The highest BCUT2D eigenvalue weighted by Gasteiger charge is 2.34. The first-order valence-electron chi connectivity index (χ1n) is 11.8. The fourth-order valence-electron chi connectivity index (χ4n) is 4.59. The van der Waals surface area contributed by atoms with Gasteiger partial charge in [0, 0.05) is 37.1 Å². The van der Waals surface area contributed by atoms with Crippen molar-refractivity contribution in [3.05, 3.63) is 83.4 Å². The summed E-state index contributed by atoms with van der Waals surface area (Å²) in [6, 6.07) is 22.7. The predicted octanol–water partition coefficient (Wildman–Crippen LogP) is 4.83. The highest BCUT2D eigenvalue weighted by Crippen LogP contribution is 2.30. The number of nitrogens with zero attached hydrogens (tertiary/aromatic N) is 1. The number of rotatable bonds is 9. The molecule has 2 N–H and O–H groups in total. The van der Waals surface area contributed by atoms with E-state index in [1.54, 1.807) is 12.1 Å². The van der Waals surface area contributed by atoms with Crippen LogP contribution in [0.15, 0.2) is 72.3 Å². The van der Waals surface area contributed by atoms with Crippen LogP contribution in [0.3, 0.4) is 0 Å². The van der Waals surface area contributed by atoms with Crippen LogP contribution in [0.4, 0.5) is 0 Å². The largest absolute Gasteiger partial charge is 0.489 e. The number of aromatic carboxylic acids is 1. The first-order chi connectivity index (χ1) is 16.2. The molecule has 1 saturated heterocycles. The minimum atomic E-state index is -0.909. The van der Waals surface area contributed by atoms with Gasteiger partial charge in [0.1, 0.15) is 12.4 Å². The van der Waals surface area contributed by atoms with Crippen LogP contribution in [0, 0.1) is 0 Å². The zero-order valence-corrected chi connectivity index (χ0v) is 18.7. The fourth-order valence-corrected chi connectivity index (χ4v) is 4.59. The SMILES string of the molecule is O=C(O)c1ccc(/C=C(\CNC2CCN(C3CC3)C2)COc2cccc3ccccc23)cc1. The molecule has 2 aliphatic rings. The minimum Gasteiger partial charge on any atom is -0.489 e. The van der Waals surface area contributed by atoms with Crippen LogP contribution in [-0.2, 0) is 0 Å². The molecule has 1 atom stereocenters. The summed E-state index contributed by atoms with van der Waals surface area (Å²) in [6.45, 7) is 3.52. The molecule has 33 heavy (non-hydrogen) atoms. The van der Waals surface area contributed by atoms with E-state index in [4.69, 9.17) is 4.74 Å². The molecule has 0 radical (unpaired) electrons. The van der Waals surface area contributed by atoms with E-state index in [0.29, 0.717) is 18.2 Å². The first-order valence-corrected chi connectivity index (χ1v) is 11.8. The van der Waals surface area contributed by atoms with Crippen LogP contribution in [0.2, 0.25) is 0 Å². The molecule has 0 spiro atoms. The maximum Gasteiger partial charge on any atom is 0.335 e. The third-order valence-electron chi connectivity index (χ3n) is 6.59. The standard InChI is InChI=1S/C28H30N2O3/c31-28(32)23-10-8-20(9-11-23)16-21(17-29-24-14-15-30(18-24)25-12-13-25)19-33-27-7-3-5-22-4-1-2-6-26(22)27/h1-11,16,24-25,29H,12-15,17-19H2,(H,31,32)/b21-16+. The van der Waals surface area contributed by atoms with Crippen molar-refractivity contribution in [3.8, 4) is 5.75 Å². The molecular formula is C28H30N2O3. The summed E-state index contributed by atoms with van der Waals surface area (Å²) in [6.07, 6.45) is 5.99. The molecule has 5 nitrogen and oxygen atoms in total. The number of ether oxygens (including phenoxy) is 1. The second-order valence-corrected chi connectivity index (χ2v) is 9.09. The molecule has 1 heterocycles. The summed E-state index contributed by atoms with van der Waals surface area (Å²) in [4.78, 5) is 13.8. The van der Waals surface area contributed by atoms with Crippen molar-refractivity contribution in [3.63, 3.8) is 0 Å². The second-order valence-electron chi connectivity index (χ2n) is 9.09. The Kier molecular flexibility index (Phi) is 6.42. The number of carbonyl (C=O) groups is 1. The molecule has 2 fully saturated rings. The maximum absolute atomic E-state index is 11.2. The van der Waals surface area contributed by atoms with E-state index < -0.39 is 5.97 Å². The average Bonchev–Trinajstić information content (AvgIpc) is 3.59. The Hall–Kier alpha value is -3.15. The maximum atomic E-state index is 11.2. The van der Waals surface area contributed by atoms with Crippen molar-refractivity contribution in [1.82, 2.24) is 10.2 Å². The van der Waals surface area contributed by atoms with Crippen LogP contribution < -0.4 is 10.1 Å². The summed E-state index contributed by atoms with van der Waals surface area (Å²) in [7, 11) is 0. The van der Waals surface area contributed by atoms with E-state index in [-0.39, 0.29) is 0 Å². The van der Waals surface area contributed by atoms with Crippen molar-refractivity contribution in [2.45, 2.75) is 31.3 Å². The summed E-state index contributed by atoms with van der Waals surface area (Å²) in [5.74, 6) is -0.0332. The number of hydrogen-bond donors (Lipinski definition) is 2. The molecule has 1 aliphatic heterocycles. The Morgan fingerprint density at radius 2 is 1.82 bits per heavy atom. The van der Waals surface area contributed by atoms with Gasteiger partial charge in [0.2, 0.25) is 0 Å². The van der Waals surface area contributed by atoms with Crippen LogP contribution >= 0.6 is 0 Å². The first kappa shape index (κ1) is 21.7. The Labute approximate surface area is 194 Å². The number of likely N-dealkylation sites (tertiary alicyclic amines) is 1. The molecule has 1 saturated carbocycles. The highest BCUT2D eigenvalue weighted by atomic mass is 16.5. The lowest BCUT2D eigenvalue weighted by Crippen LogP contribution is -2.35. The van der Waals surface area contributed by atoms with Gasteiger partial charge in [-0.3, -0.25) is 4.90 Å². The molecule has 3 aromatic carbocycles. The van der Waals surface area contributed by atoms with Crippen LogP contribution in [0.5, 0.6) is 5.75 Å². The van der Waals surface area contributed by atoms with Crippen molar-refractivity contribution in [1.29, 1.82) is 0 Å². The number of fused-ring (bicyclic) bond motifs is 1. The summed E-state index contributed by atoms with van der Waals surface area (Å²) >= 11 is 0. The molecule has 5 heteroatoms. The lowest BCUT2D eigenvalue weighted by Gasteiger charge is -2.18. The van der Waals surface area contributed by atoms with E-state index >= 15 is 0 Å². The van der Waals surface area contributed by atoms with Gasteiger partial charge in [-0.15, -0.1) is 0 Å². The van der Waals surface area contributed by atoms with E-state index in [0.717, 1.165) is 46.8 Å². The molecule has 1 aliphatic carbocycles. The van der Waals surface area contributed by atoms with Gasteiger partial charge in [-0.2, -0.15) is 0 Å². The number of carboxylic acids is 1. The number of benzene rings is 3. The van der Waals surface area contributed by atoms with Gasteiger partial charge in [-0.25, -0.2) is 4.79 Å². The zero-order valence-electron chi connectivity index (χ0n) is 18.7. The number of nitrogens with one attached hydrogen (secondary N) is 1. The van der Waals surface area contributed by atoms with Gasteiger partial charge in [0.25, 0.3) is 0 Å². The molecule has 170 valence electrons. The average molecular weight is 443 g/mol. The van der Waals surface area contributed by atoms with Crippen molar-refractivity contribution in [2.24, 2.45) is 0 Å². The van der Waals surface area contributed by atoms with Gasteiger partial charge in [-0.05, 0) is 54.0 Å². The van der Waals surface area contributed by atoms with E-state index in [1.807, 2.05) is 36.4 Å². The second kappa shape index (κ2) is 9.77. The van der Waals surface area contributed by atoms with E-state index in [1.165, 1.54) is 25.8 Å². The molecular weight excluding hydrogens is 412 g/mol. The summed E-state index contributed by atoms with van der Waals surface area (Å²) < 4.78 is 6.29. The quantitative estimate of drug-likeness (QED) is 0.497. The van der Waals surface area contributed by atoms with Crippen molar-refractivity contribution < 1.29 is 14.6 Å². The topological polar surface area (TPSA) is 61.8 Å². The lowest BCUT2D eigenvalue weighted by molar-refractivity contribution is 0.0697. The third-order valence-corrected chi connectivity index (χ3v) is 6.59. The molecule has 5 rings (SSSR count). The highest BCUT2D eigenvalue weighted by molar-refractivity contribution is 5.88. The van der Waals surface area contributed by atoms with Crippen molar-refractivity contribution >= 4 is 22.8 Å². The Balaban J connectivity index is 1.30. The minimum absolute atomic E-state index is 0.296. The fraction of sp³-hybridized carbons (Fsp3) is 0.321. The number of hydrogen-bond acceptors (Lipinski definition) is 4. The van der Waals surface area contributed by atoms with Gasteiger partial charge in [0.15, 0.2) is 0 Å². The Morgan fingerprint density at radius 1 is 1.03 bits per heavy atom. The Morgan fingerprint density at radius 3 is 2.61 bits per heavy atom. The zero-order chi connectivity index (χ0) is 22.6. The predicted molar refractivity (Wildman–Crippen MR) is 132 cm³/mol. The van der Waals surface area contributed by atoms with E-state index in [2.05, 4.69) is 34.5 Å². The van der Waals surface area contributed by atoms with Gasteiger partial charge in [-0.1, -0.05) is 54.6 Å². The van der Waals surface area contributed by atoms with Crippen LogP contribution in [-0.4, -0.2) is 54.3 Å². The van der Waals surface area contributed by atoms with E-state index in [9.17, 15) is 9.90 Å². The normalized spacial score (nSPS) is 19.2. The number of carboxylic acid groups (broad SMARTS) is 1.